The molecule has 92 valence electrons. The molecule has 0 nitrogen and oxygen atoms in total. The summed E-state index contributed by atoms with van der Waals surface area (Å²) in [7, 11) is 0. The van der Waals surface area contributed by atoms with Crippen LogP contribution < -0.4 is 0 Å². The van der Waals surface area contributed by atoms with Crippen LogP contribution in [0, 0.1) is 6.92 Å². The van der Waals surface area contributed by atoms with Gasteiger partial charge in [0.25, 0.3) is 0 Å². The second-order valence-corrected chi connectivity index (χ2v) is 5.36. The van der Waals surface area contributed by atoms with Crippen molar-refractivity contribution >= 4 is 11.3 Å². The molecule has 0 bridgehead atoms. The van der Waals surface area contributed by atoms with Gasteiger partial charge < -0.3 is 0 Å². The highest BCUT2D eigenvalue weighted by molar-refractivity contribution is 7.15. The van der Waals surface area contributed by atoms with Crippen molar-refractivity contribution in [2.24, 2.45) is 0 Å². The van der Waals surface area contributed by atoms with Gasteiger partial charge in [-0.1, -0.05) is 57.0 Å². The number of thiophene rings is 1. The van der Waals surface area contributed by atoms with Gasteiger partial charge in [-0.15, -0.1) is 11.3 Å². The molecule has 0 spiro atoms. The third-order valence-corrected chi connectivity index (χ3v) is 3.62. The maximum absolute atomic E-state index is 2.22. The van der Waals surface area contributed by atoms with E-state index in [0.29, 0.717) is 0 Å². The smallest absolute Gasteiger partial charge is 0.0345 e. The topological polar surface area (TPSA) is 0 Å². The number of benzene rings is 1. The molecular weight excluding hydrogens is 224 g/mol. The largest absolute Gasteiger partial charge is 0.140 e. The first-order chi connectivity index (χ1) is 8.21. The van der Waals surface area contributed by atoms with E-state index in [0.717, 1.165) is 6.42 Å². The van der Waals surface area contributed by atoms with Crippen LogP contribution in [0.3, 0.4) is 0 Å². The Morgan fingerprint density at radius 3 is 1.94 bits per heavy atom. The fourth-order valence-electron chi connectivity index (χ4n) is 1.44. The minimum absolute atomic E-state index is 1.14. The molecule has 0 aliphatic carbocycles. The van der Waals surface area contributed by atoms with Gasteiger partial charge in [-0.3, -0.25) is 0 Å². The van der Waals surface area contributed by atoms with E-state index in [1.54, 1.807) is 0 Å². The summed E-state index contributed by atoms with van der Waals surface area (Å²) in [5.41, 5.74) is 2.65. The molecule has 17 heavy (non-hydrogen) atoms. The second-order valence-electron chi connectivity index (χ2n) is 4.19. The lowest BCUT2D eigenvalue weighted by molar-refractivity contribution is 1.09. The van der Waals surface area contributed by atoms with Gasteiger partial charge in [0, 0.05) is 9.75 Å². The van der Waals surface area contributed by atoms with Crippen LogP contribution in [0.15, 0.2) is 36.4 Å². The second kappa shape index (κ2) is 7.29. The first-order valence-electron chi connectivity index (χ1n) is 6.37. The molecule has 0 N–H and O–H groups in total. The normalized spacial score (nSPS) is 9.65. The number of hydrogen-bond donors (Lipinski definition) is 0. The highest BCUT2D eigenvalue weighted by atomic mass is 32.1. The minimum Gasteiger partial charge on any atom is -0.140 e. The molecule has 0 saturated carbocycles. The maximum atomic E-state index is 2.22. The number of rotatable bonds is 2. The molecule has 0 radical (unpaired) electrons. The summed E-state index contributed by atoms with van der Waals surface area (Å²) in [6, 6.07) is 13.2. The SMILES string of the molecule is CCC.CCc1ccc(-c2ccc(C)cc2)s1. The van der Waals surface area contributed by atoms with Gasteiger partial charge in [-0.05, 0) is 31.0 Å². The van der Waals surface area contributed by atoms with Crippen LogP contribution in [0.1, 0.15) is 37.6 Å². The summed E-state index contributed by atoms with van der Waals surface area (Å²) in [6.07, 6.45) is 2.39. The maximum Gasteiger partial charge on any atom is 0.0345 e. The Hall–Kier alpha value is -1.08. The highest BCUT2D eigenvalue weighted by Crippen LogP contribution is 2.28. The van der Waals surface area contributed by atoms with Gasteiger partial charge in [-0.25, -0.2) is 0 Å². The molecule has 2 aromatic rings. The number of aryl methyl sites for hydroxylation is 2. The van der Waals surface area contributed by atoms with E-state index in [-0.39, 0.29) is 0 Å². The molecule has 0 unspecified atom stereocenters. The van der Waals surface area contributed by atoms with Crippen molar-refractivity contribution in [1.82, 2.24) is 0 Å². The molecule has 0 amide bonds. The van der Waals surface area contributed by atoms with Gasteiger partial charge in [0.15, 0.2) is 0 Å². The molecule has 1 heteroatoms. The Labute approximate surface area is 109 Å². The lowest BCUT2D eigenvalue weighted by atomic mass is 10.1. The Morgan fingerprint density at radius 2 is 1.47 bits per heavy atom. The summed E-state index contributed by atoms with van der Waals surface area (Å²) < 4.78 is 0. The molecule has 1 aromatic carbocycles. The molecule has 2 rings (SSSR count). The van der Waals surface area contributed by atoms with E-state index in [2.05, 4.69) is 64.1 Å². The molecule has 0 aliphatic heterocycles. The molecule has 0 atom stereocenters. The Bertz CT molecular complexity index is 423. The quantitative estimate of drug-likeness (QED) is 0.637. The lowest BCUT2D eigenvalue weighted by Gasteiger charge is -1.97. The zero-order valence-corrected chi connectivity index (χ0v) is 12.1. The van der Waals surface area contributed by atoms with Gasteiger partial charge in [-0.2, -0.15) is 0 Å². The molecule has 0 fully saturated rings. The zero-order valence-electron chi connectivity index (χ0n) is 11.3. The average molecular weight is 246 g/mol. The van der Waals surface area contributed by atoms with Crippen molar-refractivity contribution in [3.63, 3.8) is 0 Å². The monoisotopic (exact) mass is 246 g/mol. The lowest BCUT2D eigenvalue weighted by Crippen LogP contribution is -1.73. The predicted octanol–water partition coefficient (Wildman–Crippen LogP) is 5.70. The summed E-state index contributed by atoms with van der Waals surface area (Å²) in [6.45, 7) is 8.57. The Kier molecular flexibility index (Phi) is 5.99. The van der Waals surface area contributed by atoms with Crippen LogP contribution in [0.5, 0.6) is 0 Å². The van der Waals surface area contributed by atoms with Gasteiger partial charge >= 0.3 is 0 Å². The van der Waals surface area contributed by atoms with Gasteiger partial charge in [0.2, 0.25) is 0 Å². The van der Waals surface area contributed by atoms with Crippen LogP contribution >= 0.6 is 11.3 Å². The van der Waals surface area contributed by atoms with E-state index in [1.165, 1.54) is 27.3 Å². The number of hydrogen-bond acceptors (Lipinski definition) is 1. The van der Waals surface area contributed by atoms with E-state index < -0.39 is 0 Å². The molecule has 1 heterocycles. The first kappa shape index (κ1) is 14.0. The summed E-state index contributed by atoms with van der Waals surface area (Å²) in [5, 5.41) is 0. The van der Waals surface area contributed by atoms with Crippen LogP contribution in [0.4, 0.5) is 0 Å². The molecule has 0 saturated heterocycles. The third-order valence-electron chi connectivity index (χ3n) is 2.35. The van der Waals surface area contributed by atoms with E-state index in [1.807, 2.05) is 11.3 Å². The minimum atomic E-state index is 1.14. The van der Waals surface area contributed by atoms with Crippen molar-refractivity contribution in [1.29, 1.82) is 0 Å². The van der Waals surface area contributed by atoms with E-state index in [9.17, 15) is 0 Å². The molecule has 0 aliphatic rings. The van der Waals surface area contributed by atoms with Crippen LogP contribution in [-0.4, -0.2) is 0 Å². The molecular formula is C16H22S. The van der Waals surface area contributed by atoms with Crippen molar-refractivity contribution in [3.8, 4) is 10.4 Å². The highest BCUT2D eigenvalue weighted by Gasteiger charge is 2.00. The van der Waals surface area contributed by atoms with Crippen LogP contribution in [0.2, 0.25) is 0 Å². The van der Waals surface area contributed by atoms with Crippen molar-refractivity contribution < 1.29 is 0 Å². The zero-order chi connectivity index (χ0) is 12.7. The standard InChI is InChI=1S/C13H14S.C3H8/c1-3-12-8-9-13(14-12)11-6-4-10(2)5-7-11;1-3-2/h4-9H,3H2,1-2H3;3H2,1-2H3. The van der Waals surface area contributed by atoms with E-state index >= 15 is 0 Å². The summed E-state index contributed by atoms with van der Waals surface area (Å²) in [5.74, 6) is 0. The first-order valence-corrected chi connectivity index (χ1v) is 7.18. The van der Waals surface area contributed by atoms with Crippen molar-refractivity contribution in [2.75, 3.05) is 0 Å². The molecule has 1 aromatic heterocycles. The van der Waals surface area contributed by atoms with Gasteiger partial charge in [0.05, 0.1) is 0 Å². The van der Waals surface area contributed by atoms with Crippen LogP contribution in [-0.2, 0) is 6.42 Å². The summed E-state index contributed by atoms with van der Waals surface area (Å²) in [4.78, 5) is 2.84. The summed E-state index contributed by atoms with van der Waals surface area (Å²) >= 11 is 1.89. The van der Waals surface area contributed by atoms with Crippen molar-refractivity contribution in [3.05, 3.63) is 46.8 Å². The van der Waals surface area contributed by atoms with Gasteiger partial charge in [0.1, 0.15) is 0 Å². The van der Waals surface area contributed by atoms with Crippen molar-refractivity contribution in [2.45, 2.75) is 40.5 Å². The average Bonchev–Trinajstić information content (AvgIpc) is 2.80. The third kappa shape index (κ3) is 4.35. The fraction of sp³-hybridized carbons (Fsp3) is 0.375. The van der Waals surface area contributed by atoms with Crippen LogP contribution in [0.25, 0.3) is 10.4 Å². The fourth-order valence-corrected chi connectivity index (χ4v) is 2.39. The Balaban J connectivity index is 0.000000437. The van der Waals surface area contributed by atoms with E-state index in [4.69, 9.17) is 0 Å². The predicted molar refractivity (Wildman–Crippen MR) is 79.8 cm³/mol. The Morgan fingerprint density at radius 1 is 0.882 bits per heavy atom.